The van der Waals surface area contributed by atoms with Crippen molar-refractivity contribution in [2.75, 3.05) is 11.9 Å². The number of hydrogen-bond acceptors (Lipinski definition) is 4. The summed E-state index contributed by atoms with van der Waals surface area (Å²) in [5.41, 5.74) is 1.38. The Bertz CT molecular complexity index is 754. The fourth-order valence-corrected chi connectivity index (χ4v) is 2.15. The highest BCUT2D eigenvalue weighted by molar-refractivity contribution is 5.96. The summed E-state index contributed by atoms with van der Waals surface area (Å²) in [7, 11) is 0. The van der Waals surface area contributed by atoms with Gasteiger partial charge in [-0.25, -0.2) is 9.18 Å². The predicted octanol–water partition coefficient (Wildman–Crippen LogP) is 3.60. The maximum atomic E-state index is 12.8. The molecule has 0 aliphatic carbocycles. The molecule has 0 radical (unpaired) electrons. The van der Waals surface area contributed by atoms with E-state index in [4.69, 9.17) is 4.74 Å². The van der Waals surface area contributed by atoms with Crippen LogP contribution in [-0.4, -0.2) is 24.3 Å². The summed E-state index contributed by atoms with van der Waals surface area (Å²) < 4.78 is 17.9. The molecular weight excluding hydrogens is 325 g/mol. The largest absolute Gasteiger partial charge is 0.462 e. The molecule has 5 nitrogen and oxygen atoms in total. The molecule has 0 heterocycles. The first-order valence-corrected chi connectivity index (χ1v) is 7.79. The summed E-state index contributed by atoms with van der Waals surface area (Å²) in [5, 5.41) is 2.60. The van der Waals surface area contributed by atoms with Crippen molar-refractivity contribution in [1.29, 1.82) is 0 Å². The van der Waals surface area contributed by atoms with Crippen LogP contribution in [0.1, 0.15) is 40.5 Å². The maximum absolute atomic E-state index is 12.8. The summed E-state index contributed by atoms with van der Waals surface area (Å²) in [6.45, 7) is 1.51. The summed E-state index contributed by atoms with van der Waals surface area (Å²) in [6, 6.07) is 11.6. The minimum atomic E-state index is -0.497. The zero-order valence-electron chi connectivity index (χ0n) is 13.8. The van der Waals surface area contributed by atoms with Gasteiger partial charge in [-0.15, -0.1) is 0 Å². The van der Waals surface area contributed by atoms with Crippen LogP contribution in [0.25, 0.3) is 0 Å². The molecule has 0 bridgehead atoms. The number of halogens is 1. The zero-order valence-corrected chi connectivity index (χ0v) is 13.8. The van der Waals surface area contributed by atoms with Gasteiger partial charge >= 0.3 is 5.97 Å². The van der Waals surface area contributed by atoms with Crippen LogP contribution in [0, 0.1) is 5.82 Å². The second-order valence-corrected chi connectivity index (χ2v) is 5.43. The van der Waals surface area contributed by atoms with Crippen LogP contribution in [0.5, 0.6) is 0 Å². The van der Waals surface area contributed by atoms with E-state index < -0.39 is 11.8 Å². The quantitative estimate of drug-likeness (QED) is 0.474. The van der Waals surface area contributed by atoms with Crippen LogP contribution >= 0.6 is 0 Å². The van der Waals surface area contributed by atoms with Crippen LogP contribution in [-0.2, 0) is 9.53 Å². The minimum Gasteiger partial charge on any atom is -0.462 e. The molecule has 1 N–H and O–H groups in total. The molecular formula is C19H18FNO4. The Morgan fingerprint density at radius 1 is 0.960 bits per heavy atom. The lowest BCUT2D eigenvalue weighted by atomic mass is 10.1. The normalized spacial score (nSPS) is 10.2. The number of carbonyl (C=O) groups excluding carboxylic acids is 3. The van der Waals surface area contributed by atoms with E-state index in [1.165, 1.54) is 31.2 Å². The zero-order chi connectivity index (χ0) is 18.2. The third-order valence-electron chi connectivity index (χ3n) is 3.39. The molecule has 0 aliphatic rings. The number of carbonyl (C=O) groups is 3. The van der Waals surface area contributed by atoms with Gasteiger partial charge in [-0.3, -0.25) is 9.59 Å². The number of ketones is 1. The lowest BCUT2D eigenvalue weighted by molar-refractivity contribution is -0.114. The van der Waals surface area contributed by atoms with Gasteiger partial charge in [-0.1, -0.05) is 0 Å². The van der Waals surface area contributed by atoms with Crippen molar-refractivity contribution in [3.63, 3.8) is 0 Å². The summed E-state index contributed by atoms with van der Waals surface area (Å²) >= 11 is 0. The Balaban J connectivity index is 1.75. The summed E-state index contributed by atoms with van der Waals surface area (Å²) in [5.74, 6) is -1.21. The number of Topliss-reactive ketones (excluding diaryl/α,β-unsaturated/α-hetero) is 1. The monoisotopic (exact) mass is 343 g/mol. The van der Waals surface area contributed by atoms with Crippen LogP contribution in [0.2, 0.25) is 0 Å². The second-order valence-electron chi connectivity index (χ2n) is 5.43. The highest BCUT2D eigenvalue weighted by Crippen LogP contribution is 2.11. The number of ether oxygens (including phenoxy) is 1. The Labute approximate surface area is 144 Å². The van der Waals surface area contributed by atoms with Crippen molar-refractivity contribution in [2.24, 2.45) is 0 Å². The molecule has 0 spiro atoms. The second kappa shape index (κ2) is 8.73. The number of nitrogens with one attached hydrogen (secondary N) is 1. The molecule has 130 valence electrons. The molecule has 0 saturated heterocycles. The number of esters is 1. The molecule has 2 rings (SSSR count). The van der Waals surface area contributed by atoms with Crippen LogP contribution in [0.4, 0.5) is 10.1 Å². The first kappa shape index (κ1) is 18.3. The first-order valence-electron chi connectivity index (χ1n) is 7.79. The van der Waals surface area contributed by atoms with E-state index in [1.807, 2.05) is 0 Å². The van der Waals surface area contributed by atoms with Crippen molar-refractivity contribution >= 4 is 23.3 Å². The molecule has 0 aromatic heterocycles. The predicted molar refractivity (Wildman–Crippen MR) is 91.0 cm³/mol. The SMILES string of the molecule is CC(=O)Nc1ccc(C(=O)OCCCC(=O)c2ccc(F)cc2)cc1. The lowest BCUT2D eigenvalue weighted by Gasteiger charge is -2.06. The minimum absolute atomic E-state index is 0.110. The van der Waals surface area contributed by atoms with Gasteiger partial charge in [0.2, 0.25) is 5.91 Å². The molecule has 2 aromatic carbocycles. The van der Waals surface area contributed by atoms with Crippen LogP contribution < -0.4 is 5.32 Å². The van der Waals surface area contributed by atoms with Gasteiger partial charge in [-0.05, 0) is 55.0 Å². The Kier molecular flexibility index (Phi) is 6.39. The van der Waals surface area contributed by atoms with Crippen molar-refractivity contribution in [3.05, 3.63) is 65.5 Å². The van der Waals surface area contributed by atoms with E-state index in [1.54, 1.807) is 24.3 Å². The molecule has 6 heteroatoms. The molecule has 0 saturated carbocycles. The van der Waals surface area contributed by atoms with Gasteiger partial charge in [0.1, 0.15) is 5.82 Å². The molecule has 25 heavy (non-hydrogen) atoms. The Morgan fingerprint density at radius 3 is 2.16 bits per heavy atom. The van der Waals surface area contributed by atoms with Crippen LogP contribution in [0.15, 0.2) is 48.5 Å². The maximum Gasteiger partial charge on any atom is 0.338 e. The van der Waals surface area contributed by atoms with E-state index in [0.29, 0.717) is 23.2 Å². The molecule has 0 atom stereocenters. The molecule has 0 fully saturated rings. The highest BCUT2D eigenvalue weighted by Gasteiger charge is 2.09. The smallest absolute Gasteiger partial charge is 0.338 e. The first-order chi connectivity index (χ1) is 12.0. The Hall–Kier alpha value is -3.02. The van der Waals surface area contributed by atoms with Crippen molar-refractivity contribution < 1.29 is 23.5 Å². The average molecular weight is 343 g/mol. The summed E-state index contributed by atoms with van der Waals surface area (Å²) in [4.78, 5) is 34.7. The summed E-state index contributed by atoms with van der Waals surface area (Å²) in [6.07, 6.45) is 0.590. The van der Waals surface area contributed by atoms with E-state index in [0.717, 1.165) is 0 Å². The lowest BCUT2D eigenvalue weighted by Crippen LogP contribution is -2.09. The van der Waals surface area contributed by atoms with E-state index in [2.05, 4.69) is 5.32 Å². The molecule has 0 aliphatic heterocycles. The van der Waals surface area contributed by atoms with Gasteiger partial charge in [0, 0.05) is 24.6 Å². The van der Waals surface area contributed by atoms with Gasteiger partial charge in [0.15, 0.2) is 5.78 Å². The van der Waals surface area contributed by atoms with Gasteiger partial charge in [-0.2, -0.15) is 0 Å². The molecule has 0 unspecified atom stereocenters. The number of hydrogen-bond donors (Lipinski definition) is 1. The van der Waals surface area contributed by atoms with E-state index in [-0.39, 0.29) is 24.7 Å². The standard InChI is InChI=1S/C19H18FNO4/c1-13(22)21-17-10-6-15(7-11-17)19(24)25-12-2-3-18(23)14-4-8-16(20)9-5-14/h4-11H,2-3,12H2,1H3,(H,21,22). The topological polar surface area (TPSA) is 72.5 Å². The number of anilines is 1. The van der Waals surface area contributed by atoms with Crippen molar-refractivity contribution in [3.8, 4) is 0 Å². The van der Waals surface area contributed by atoms with Crippen molar-refractivity contribution in [1.82, 2.24) is 0 Å². The van der Waals surface area contributed by atoms with Gasteiger partial charge in [0.25, 0.3) is 0 Å². The third-order valence-corrected chi connectivity index (χ3v) is 3.39. The van der Waals surface area contributed by atoms with Crippen LogP contribution in [0.3, 0.4) is 0 Å². The van der Waals surface area contributed by atoms with E-state index >= 15 is 0 Å². The third kappa shape index (κ3) is 5.84. The van der Waals surface area contributed by atoms with Gasteiger partial charge < -0.3 is 10.1 Å². The van der Waals surface area contributed by atoms with Gasteiger partial charge in [0.05, 0.1) is 12.2 Å². The number of amides is 1. The van der Waals surface area contributed by atoms with E-state index in [9.17, 15) is 18.8 Å². The number of benzene rings is 2. The fraction of sp³-hybridized carbons (Fsp3) is 0.211. The Morgan fingerprint density at radius 2 is 1.56 bits per heavy atom. The number of rotatable bonds is 7. The molecule has 1 amide bonds. The fourth-order valence-electron chi connectivity index (χ4n) is 2.15. The molecule has 2 aromatic rings. The average Bonchev–Trinajstić information content (AvgIpc) is 2.59. The van der Waals surface area contributed by atoms with Crippen molar-refractivity contribution in [2.45, 2.75) is 19.8 Å². The highest BCUT2D eigenvalue weighted by atomic mass is 19.1.